The lowest BCUT2D eigenvalue weighted by atomic mass is 9.51. The number of nitrogens with zero attached hydrogens (tertiary/aromatic N) is 2. The van der Waals surface area contributed by atoms with Crippen LogP contribution in [0.25, 0.3) is 0 Å². The van der Waals surface area contributed by atoms with Crippen molar-refractivity contribution >= 4 is 16.0 Å². The number of ether oxygens (including phenoxy) is 2. The number of aromatic hydroxyl groups is 1. The molecule has 8 nitrogen and oxygen atoms in total. The van der Waals surface area contributed by atoms with Gasteiger partial charge in [0.15, 0.2) is 11.5 Å². The van der Waals surface area contributed by atoms with Gasteiger partial charge in [0.2, 0.25) is 10.0 Å². The van der Waals surface area contributed by atoms with Crippen LogP contribution in [0.15, 0.2) is 49.1 Å². The van der Waals surface area contributed by atoms with Crippen LogP contribution in [0, 0.1) is 11.8 Å². The van der Waals surface area contributed by atoms with E-state index in [0.29, 0.717) is 25.1 Å². The van der Waals surface area contributed by atoms with E-state index in [1.54, 1.807) is 4.31 Å². The first-order valence-electron chi connectivity index (χ1n) is 14.7. The number of esters is 1. The Labute approximate surface area is 243 Å². The number of sulfonamides is 1. The molecular weight excluding hydrogens is 540 g/mol. The molecule has 0 radical (unpaired) electrons. The molecule has 41 heavy (non-hydrogen) atoms. The second kappa shape index (κ2) is 10.4. The summed E-state index contributed by atoms with van der Waals surface area (Å²) in [5, 5.41) is 11.2. The third kappa shape index (κ3) is 4.57. The summed E-state index contributed by atoms with van der Waals surface area (Å²) in [5.74, 6) is 0.574. The van der Waals surface area contributed by atoms with Gasteiger partial charge < -0.3 is 14.6 Å². The molecule has 2 heterocycles. The normalized spacial score (nSPS) is 28.3. The average Bonchev–Trinajstić information content (AvgIpc) is 3.25. The Kier molecular flexibility index (Phi) is 7.19. The monoisotopic (exact) mass is 580 g/mol. The summed E-state index contributed by atoms with van der Waals surface area (Å²) in [6.07, 6.45) is 4.42. The molecule has 4 aliphatic rings. The third-order valence-corrected chi connectivity index (χ3v) is 11.4. The summed E-state index contributed by atoms with van der Waals surface area (Å²) >= 11 is 0. The van der Waals surface area contributed by atoms with Crippen molar-refractivity contribution in [2.24, 2.45) is 11.8 Å². The molecule has 0 aromatic heterocycles. The van der Waals surface area contributed by atoms with Gasteiger partial charge in [0.25, 0.3) is 0 Å². The van der Waals surface area contributed by atoms with Crippen molar-refractivity contribution in [3.63, 3.8) is 0 Å². The third-order valence-electron chi connectivity index (χ3n) is 9.57. The molecule has 2 aromatic rings. The molecule has 2 bridgehead atoms. The number of likely N-dealkylation sites (tertiary alicyclic amines) is 1. The molecule has 1 saturated heterocycles. The van der Waals surface area contributed by atoms with Gasteiger partial charge in [-0.2, -0.15) is 4.31 Å². The number of phenolic OH excluding ortho intramolecular Hbond substituents is 1. The highest BCUT2D eigenvalue weighted by Crippen LogP contribution is 2.65. The van der Waals surface area contributed by atoms with Crippen molar-refractivity contribution < 1.29 is 27.8 Å². The Morgan fingerprint density at radius 3 is 2.73 bits per heavy atom. The fourth-order valence-corrected chi connectivity index (χ4v) is 10.2. The second-order valence-electron chi connectivity index (χ2n) is 12.5. The standard InChI is InChI=1S/C32H40N2O6S/c1-5-14-33-15-13-32-24-11-12-25(34(18-20(2)3)41(37,38)19-22-9-7-6-8-10-22)31(32)40-30-28(39-21(4)35)17-27(36)23(29(30)32)16-26(24)33/h5-10,17,20,24-26,31,36H,1,11-16,18-19H2,2-4H3/t24-,25+,26+,31-,32-/m0/s1. The molecule has 5 atom stereocenters. The number of rotatable bonds is 9. The Morgan fingerprint density at radius 2 is 2.05 bits per heavy atom. The quantitative estimate of drug-likeness (QED) is 0.267. The van der Waals surface area contributed by atoms with Gasteiger partial charge in [0, 0.05) is 48.7 Å². The zero-order chi connectivity index (χ0) is 29.1. The first-order chi connectivity index (χ1) is 19.6. The molecule has 0 unspecified atom stereocenters. The predicted molar refractivity (Wildman–Crippen MR) is 157 cm³/mol. The molecule has 2 aromatic carbocycles. The SMILES string of the molecule is C=CCN1CC[C@]23c4c5c(O)cc(OC(C)=O)c4O[C@H]2[C@H](N(CC(C)C)S(=O)(=O)Cc2ccccc2)CC[C@H]3[C@H]1C5. The van der Waals surface area contributed by atoms with Crippen LogP contribution in [0.5, 0.6) is 17.2 Å². The molecule has 1 saturated carbocycles. The fraction of sp³-hybridized carbons (Fsp3) is 0.531. The molecule has 2 aliphatic carbocycles. The van der Waals surface area contributed by atoms with E-state index < -0.39 is 27.5 Å². The van der Waals surface area contributed by atoms with E-state index in [2.05, 4.69) is 11.5 Å². The molecule has 1 N–H and O–H groups in total. The maximum atomic E-state index is 14.2. The van der Waals surface area contributed by atoms with Crippen LogP contribution < -0.4 is 9.47 Å². The smallest absolute Gasteiger partial charge is 0.308 e. The van der Waals surface area contributed by atoms with E-state index in [-0.39, 0.29) is 41.2 Å². The van der Waals surface area contributed by atoms with Crippen LogP contribution in [0.2, 0.25) is 0 Å². The van der Waals surface area contributed by atoms with E-state index in [4.69, 9.17) is 9.47 Å². The summed E-state index contributed by atoms with van der Waals surface area (Å²) in [6.45, 7) is 11.3. The summed E-state index contributed by atoms with van der Waals surface area (Å²) in [4.78, 5) is 14.5. The van der Waals surface area contributed by atoms with Crippen molar-refractivity contribution in [3.05, 3.63) is 65.7 Å². The number of benzene rings is 2. The topological polar surface area (TPSA) is 96.4 Å². The molecule has 0 amide bonds. The Balaban J connectivity index is 1.49. The minimum Gasteiger partial charge on any atom is -0.508 e. The van der Waals surface area contributed by atoms with Gasteiger partial charge in [-0.3, -0.25) is 9.69 Å². The number of carbonyl (C=O) groups is 1. The Bertz CT molecular complexity index is 1460. The lowest BCUT2D eigenvalue weighted by Gasteiger charge is -2.60. The van der Waals surface area contributed by atoms with Crippen LogP contribution >= 0.6 is 0 Å². The van der Waals surface area contributed by atoms with Crippen molar-refractivity contribution in [2.45, 2.75) is 75.8 Å². The first-order valence-corrected chi connectivity index (χ1v) is 16.3. The van der Waals surface area contributed by atoms with Gasteiger partial charge in [-0.1, -0.05) is 50.3 Å². The lowest BCUT2D eigenvalue weighted by molar-refractivity contribution is -0.132. The Morgan fingerprint density at radius 1 is 1.29 bits per heavy atom. The van der Waals surface area contributed by atoms with Crippen molar-refractivity contribution in [1.82, 2.24) is 9.21 Å². The van der Waals surface area contributed by atoms with E-state index in [1.807, 2.05) is 50.3 Å². The molecule has 1 spiro atoms. The van der Waals surface area contributed by atoms with Gasteiger partial charge in [0.1, 0.15) is 11.9 Å². The Hall–Kier alpha value is -2.88. The number of carbonyl (C=O) groups excluding carboxylic acids is 1. The molecule has 220 valence electrons. The number of hydrogen-bond acceptors (Lipinski definition) is 7. The second-order valence-corrected chi connectivity index (χ2v) is 14.4. The lowest BCUT2D eigenvalue weighted by Crippen LogP contribution is -2.69. The molecule has 9 heteroatoms. The number of hydrogen-bond donors (Lipinski definition) is 1. The van der Waals surface area contributed by atoms with E-state index in [0.717, 1.165) is 42.6 Å². The largest absolute Gasteiger partial charge is 0.508 e. The van der Waals surface area contributed by atoms with E-state index >= 15 is 0 Å². The van der Waals surface area contributed by atoms with Crippen molar-refractivity contribution in [2.75, 3.05) is 19.6 Å². The maximum absolute atomic E-state index is 14.2. The number of piperidine rings is 1. The highest BCUT2D eigenvalue weighted by atomic mass is 32.2. The summed E-state index contributed by atoms with van der Waals surface area (Å²) in [5.41, 5.74) is 2.02. The van der Waals surface area contributed by atoms with E-state index in [1.165, 1.54) is 13.0 Å². The van der Waals surface area contributed by atoms with Crippen LogP contribution in [-0.4, -0.2) is 66.5 Å². The summed E-state index contributed by atoms with van der Waals surface area (Å²) in [7, 11) is -3.70. The predicted octanol–water partition coefficient (Wildman–Crippen LogP) is 4.40. The van der Waals surface area contributed by atoms with Crippen LogP contribution in [0.4, 0.5) is 0 Å². The van der Waals surface area contributed by atoms with Gasteiger partial charge in [0.05, 0.1) is 11.8 Å². The molecule has 6 rings (SSSR count). The minimum absolute atomic E-state index is 0.0758. The van der Waals surface area contributed by atoms with Crippen molar-refractivity contribution in [1.29, 1.82) is 0 Å². The first kappa shape index (κ1) is 28.2. The van der Waals surface area contributed by atoms with Crippen LogP contribution in [0.1, 0.15) is 56.7 Å². The van der Waals surface area contributed by atoms with Crippen molar-refractivity contribution in [3.8, 4) is 17.2 Å². The van der Waals surface area contributed by atoms with E-state index in [9.17, 15) is 18.3 Å². The van der Waals surface area contributed by atoms with Gasteiger partial charge in [-0.25, -0.2) is 8.42 Å². The number of phenols is 1. The van der Waals surface area contributed by atoms with Gasteiger partial charge >= 0.3 is 5.97 Å². The minimum atomic E-state index is -3.70. The molecular formula is C32H40N2O6S. The zero-order valence-corrected chi connectivity index (χ0v) is 24.9. The van der Waals surface area contributed by atoms with Gasteiger partial charge in [-0.05, 0) is 49.6 Å². The fourth-order valence-electron chi connectivity index (χ4n) is 8.25. The molecule has 2 aliphatic heterocycles. The zero-order valence-electron chi connectivity index (χ0n) is 24.1. The molecule has 2 fully saturated rings. The van der Waals surface area contributed by atoms with Crippen LogP contribution in [-0.2, 0) is 32.4 Å². The van der Waals surface area contributed by atoms with Gasteiger partial charge in [-0.15, -0.1) is 6.58 Å². The average molecular weight is 581 g/mol. The summed E-state index contributed by atoms with van der Waals surface area (Å²) in [6, 6.07) is 10.6. The maximum Gasteiger partial charge on any atom is 0.308 e. The highest BCUT2D eigenvalue weighted by Gasteiger charge is 2.67. The highest BCUT2D eigenvalue weighted by molar-refractivity contribution is 7.88. The van der Waals surface area contributed by atoms with Crippen LogP contribution in [0.3, 0.4) is 0 Å². The summed E-state index contributed by atoms with van der Waals surface area (Å²) < 4.78 is 42.5.